The molecule has 1 aromatic carbocycles. The Labute approximate surface area is 109 Å². The average Bonchev–Trinajstić information content (AvgIpc) is 2.67. The fourth-order valence-electron chi connectivity index (χ4n) is 1.98. The number of hydrogen-bond acceptors (Lipinski definition) is 1. The lowest BCUT2D eigenvalue weighted by Crippen LogP contribution is -1.90. The van der Waals surface area contributed by atoms with Crippen molar-refractivity contribution < 1.29 is 4.39 Å². The van der Waals surface area contributed by atoms with Gasteiger partial charge < -0.3 is 0 Å². The predicted molar refractivity (Wildman–Crippen MR) is 70.3 cm³/mol. The molecule has 3 rings (SSSR count). The molecule has 2 aromatic heterocycles. The Morgan fingerprint density at radius 3 is 2.83 bits per heavy atom. The monoisotopic (exact) mass is 260 g/mol. The van der Waals surface area contributed by atoms with Gasteiger partial charge in [0.05, 0.1) is 5.52 Å². The molecule has 0 N–H and O–H groups in total. The van der Waals surface area contributed by atoms with Gasteiger partial charge in [-0.15, -0.1) is 0 Å². The summed E-state index contributed by atoms with van der Waals surface area (Å²) >= 11 is 6.11. The summed E-state index contributed by atoms with van der Waals surface area (Å²) in [6.45, 7) is 1.99. The third-order valence-corrected chi connectivity index (χ3v) is 3.11. The molecule has 18 heavy (non-hydrogen) atoms. The zero-order valence-corrected chi connectivity index (χ0v) is 10.4. The third-order valence-electron chi connectivity index (χ3n) is 2.84. The number of halogens is 2. The minimum absolute atomic E-state index is 0.285. The molecule has 0 fully saturated rings. The van der Waals surface area contributed by atoms with E-state index in [9.17, 15) is 4.39 Å². The molecular weight excluding hydrogens is 251 g/mol. The average molecular weight is 261 g/mol. The summed E-state index contributed by atoms with van der Waals surface area (Å²) in [5.41, 5.74) is 2.65. The smallest absolute Gasteiger partial charge is 0.155 e. The van der Waals surface area contributed by atoms with Crippen LogP contribution in [-0.2, 0) is 0 Å². The van der Waals surface area contributed by atoms with Crippen LogP contribution in [-0.4, -0.2) is 9.38 Å². The lowest BCUT2D eigenvalue weighted by molar-refractivity contribution is 0.628. The third kappa shape index (κ3) is 1.77. The summed E-state index contributed by atoms with van der Waals surface area (Å²) in [5.74, 6) is 0.363. The van der Waals surface area contributed by atoms with E-state index in [1.165, 1.54) is 12.1 Å². The summed E-state index contributed by atoms with van der Waals surface area (Å²) < 4.78 is 15.1. The first-order valence-corrected chi connectivity index (χ1v) is 5.93. The standard InChI is InChI=1S/C14H10ClFN2/c1-9-5-6-18-12(7-9)13(15)17-14(18)10-3-2-4-11(16)8-10/h2-8H,1H3. The van der Waals surface area contributed by atoms with Crippen LogP contribution in [0.4, 0.5) is 4.39 Å². The Morgan fingerprint density at radius 2 is 2.06 bits per heavy atom. The SMILES string of the molecule is Cc1ccn2c(-c3cccc(F)c3)nc(Cl)c2c1. The zero-order chi connectivity index (χ0) is 12.7. The van der Waals surface area contributed by atoms with Crippen molar-refractivity contribution >= 4 is 17.1 Å². The number of hydrogen-bond donors (Lipinski definition) is 0. The molecule has 0 amide bonds. The van der Waals surface area contributed by atoms with Gasteiger partial charge >= 0.3 is 0 Å². The predicted octanol–water partition coefficient (Wildman–Crippen LogP) is 4.10. The molecule has 90 valence electrons. The van der Waals surface area contributed by atoms with Gasteiger partial charge in [0.1, 0.15) is 11.6 Å². The molecule has 0 unspecified atom stereocenters. The van der Waals surface area contributed by atoms with Gasteiger partial charge in [0, 0.05) is 11.8 Å². The molecule has 0 bridgehead atoms. The molecule has 0 radical (unpaired) electrons. The van der Waals surface area contributed by atoms with Gasteiger partial charge in [-0.2, -0.15) is 0 Å². The molecule has 0 saturated carbocycles. The van der Waals surface area contributed by atoms with Gasteiger partial charge in [0.15, 0.2) is 5.15 Å². The summed E-state index contributed by atoms with van der Waals surface area (Å²) in [7, 11) is 0. The molecule has 4 heteroatoms. The fourth-order valence-corrected chi connectivity index (χ4v) is 2.21. The lowest BCUT2D eigenvalue weighted by atomic mass is 10.2. The highest BCUT2D eigenvalue weighted by Gasteiger charge is 2.11. The first kappa shape index (κ1) is 11.2. The molecule has 2 heterocycles. The van der Waals surface area contributed by atoms with E-state index in [1.54, 1.807) is 6.07 Å². The van der Waals surface area contributed by atoms with Gasteiger partial charge in [0.25, 0.3) is 0 Å². The van der Waals surface area contributed by atoms with Crippen molar-refractivity contribution in [1.82, 2.24) is 9.38 Å². The summed E-state index contributed by atoms with van der Waals surface area (Å²) in [5, 5.41) is 0.429. The van der Waals surface area contributed by atoms with Crippen LogP contribution in [0.2, 0.25) is 5.15 Å². The maximum absolute atomic E-state index is 13.3. The van der Waals surface area contributed by atoms with Crippen LogP contribution in [0.25, 0.3) is 16.9 Å². The van der Waals surface area contributed by atoms with Gasteiger partial charge in [-0.25, -0.2) is 9.37 Å². The first-order valence-electron chi connectivity index (χ1n) is 5.55. The van der Waals surface area contributed by atoms with Gasteiger partial charge in [-0.1, -0.05) is 23.7 Å². The van der Waals surface area contributed by atoms with Crippen molar-refractivity contribution in [2.75, 3.05) is 0 Å². The molecule has 2 nitrogen and oxygen atoms in total. The van der Waals surface area contributed by atoms with Crippen molar-refractivity contribution in [2.45, 2.75) is 6.92 Å². The van der Waals surface area contributed by atoms with E-state index in [0.717, 1.165) is 11.1 Å². The number of imidazole rings is 1. The number of fused-ring (bicyclic) bond motifs is 1. The number of rotatable bonds is 1. The van der Waals surface area contributed by atoms with E-state index in [2.05, 4.69) is 4.98 Å². The normalized spacial score (nSPS) is 11.1. The first-order chi connectivity index (χ1) is 8.65. The van der Waals surface area contributed by atoms with Crippen molar-refractivity contribution in [3.63, 3.8) is 0 Å². The zero-order valence-electron chi connectivity index (χ0n) is 9.69. The highest BCUT2D eigenvalue weighted by molar-refractivity contribution is 6.32. The second-order valence-corrected chi connectivity index (χ2v) is 4.55. The second-order valence-electron chi connectivity index (χ2n) is 4.20. The van der Waals surface area contributed by atoms with Crippen LogP contribution in [0, 0.1) is 12.7 Å². The molecular formula is C14H10ClFN2. The minimum atomic E-state index is -0.285. The number of pyridine rings is 1. The number of aryl methyl sites for hydroxylation is 1. The van der Waals surface area contributed by atoms with Gasteiger partial charge in [-0.05, 0) is 36.8 Å². The number of aromatic nitrogens is 2. The Hall–Kier alpha value is -1.87. The van der Waals surface area contributed by atoms with Gasteiger partial charge in [0.2, 0.25) is 0 Å². The van der Waals surface area contributed by atoms with Crippen LogP contribution in [0.3, 0.4) is 0 Å². The summed E-state index contributed by atoms with van der Waals surface area (Å²) in [4.78, 5) is 4.30. The topological polar surface area (TPSA) is 17.3 Å². The van der Waals surface area contributed by atoms with Gasteiger partial charge in [-0.3, -0.25) is 4.40 Å². The fraction of sp³-hybridized carbons (Fsp3) is 0.0714. The molecule has 0 spiro atoms. The Bertz CT molecular complexity index is 734. The molecule has 0 aliphatic heterocycles. The van der Waals surface area contributed by atoms with Crippen molar-refractivity contribution in [1.29, 1.82) is 0 Å². The number of nitrogens with zero attached hydrogens (tertiary/aromatic N) is 2. The Balaban J connectivity index is 2.30. The summed E-state index contributed by atoms with van der Waals surface area (Å²) in [6.07, 6.45) is 1.89. The van der Waals surface area contributed by atoms with Crippen LogP contribution >= 0.6 is 11.6 Å². The molecule has 3 aromatic rings. The molecule has 0 aliphatic carbocycles. The Kier molecular flexibility index (Phi) is 2.56. The highest BCUT2D eigenvalue weighted by atomic mass is 35.5. The van der Waals surface area contributed by atoms with Crippen molar-refractivity contribution in [3.05, 3.63) is 59.1 Å². The Morgan fingerprint density at radius 1 is 1.22 bits per heavy atom. The second kappa shape index (κ2) is 4.10. The van der Waals surface area contributed by atoms with Crippen LogP contribution in [0.15, 0.2) is 42.6 Å². The minimum Gasteiger partial charge on any atom is -0.298 e. The van der Waals surface area contributed by atoms with Crippen molar-refractivity contribution in [2.24, 2.45) is 0 Å². The van der Waals surface area contributed by atoms with E-state index < -0.39 is 0 Å². The van der Waals surface area contributed by atoms with E-state index in [-0.39, 0.29) is 5.82 Å². The van der Waals surface area contributed by atoms with E-state index in [1.807, 2.05) is 35.7 Å². The highest BCUT2D eigenvalue weighted by Crippen LogP contribution is 2.26. The largest absolute Gasteiger partial charge is 0.298 e. The van der Waals surface area contributed by atoms with E-state index in [0.29, 0.717) is 16.5 Å². The van der Waals surface area contributed by atoms with Crippen LogP contribution in [0.1, 0.15) is 5.56 Å². The quantitative estimate of drug-likeness (QED) is 0.644. The molecule has 0 saturated heterocycles. The summed E-state index contributed by atoms with van der Waals surface area (Å²) in [6, 6.07) is 10.3. The maximum atomic E-state index is 13.3. The molecule has 0 aliphatic rings. The van der Waals surface area contributed by atoms with E-state index in [4.69, 9.17) is 11.6 Å². The van der Waals surface area contributed by atoms with Crippen LogP contribution < -0.4 is 0 Å². The lowest BCUT2D eigenvalue weighted by Gasteiger charge is -2.02. The number of benzene rings is 1. The molecule has 0 atom stereocenters. The maximum Gasteiger partial charge on any atom is 0.155 e. The van der Waals surface area contributed by atoms with Crippen LogP contribution in [0.5, 0.6) is 0 Å². The van der Waals surface area contributed by atoms with Crippen molar-refractivity contribution in [3.8, 4) is 11.4 Å². The van der Waals surface area contributed by atoms with E-state index >= 15 is 0 Å².